The Balaban J connectivity index is 2.42. The van der Waals surface area contributed by atoms with E-state index in [-0.39, 0.29) is 5.56 Å². The summed E-state index contributed by atoms with van der Waals surface area (Å²) >= 11 is 5.75. The second kappa shape index (κ2) is 5.19. The van der Waals surface area contributed by atoms with Crippen molar-refractivity contribution in [1.82, 2.24) is 4.57 Å². The Labute approximate surface area is 105 Å². The van der Waals surface area contributed by atoms with E-state index in [0.29, 0.717) is 12.4 Å². The third-order valence-electron chi connectivity index (χ3n) is 2.77. The molecule has 0 aliphatic heterocycles. The van der Waals surface area contributed by atoms with Gasteiger partial charge in [0.1, 0.15) is 0 Å². The Kier molecular flexibility index (Phi) is 3.64. The number of rotatable bonds is 3. The van der Waals surface area contributed by atoms with Gasteiger partial charge in [-0.2, -0.15) is 0 Å². The molecule has 0 spiro atoms. The summed E-state index contributed by atoms with van der Waals surface area (Å²) in [4.78, 5) is 11.5. The third-order valence-corrected chi connectivity index (χ3v) is 3.07. The summed E-state index contributed by atoms with van der Waals surface area (Å²) < 4.78 is 1.70. The second-order valence-corrected chi connectivity index (χ2v) is 4.14. The fourth-order valence-corrected chi connectivity index (χ4v) is 1.91. The van der Waals surface area contributed by atoms with E-state index in [1.54, 1.807) is 10.6 Å². The van der Waals surface area contributed by atoms with Gasteiger partial charge >= 0.3 is 0 Å². The van der Waals surface area contributed by atoms with Gasteiger partial charge in [-0.05, 0) is 29.7 Å². The summed E-state index contributed by atoms with van der Waals surface area (Å²) in [5.41, 5.74) is 3.28. The van der Waals surface area contributed by atoms with Crippen LogP contribution < -0.4 is 5.56 Å². The van der Waals surface area contributed by atoms with Crippen LogP contribution in [0.1, 0.15) is 12.5 Å². The maximum Gasteiger partial charge on any atom is 0.250 e. The number of pyridine rings is 1. The van der Waals surface area contributed by atoms with Gasteiger partial charge in [0.15, 0.2) is 0 Å². The molecule has 3 heteroatoms. The zero-order valence-corrected chi connectivity index (χ0v) is 10.4. The highest BCUT2D eigenvalue weighted by Crippen LogP contribution is 2.19. The van der Waals surface area contributed by atoms with Gasteiger partial charge in [-0.15, -0.1) is 11.6 Å². The van der Waals surface area contributed by atoms with Gasteiger partial charge in [0, 0.05) is 24.7 Å². The minimum absolute atomic E-state index is 0.0358. The SMILES string of the molecule is CCn1cc(-c2ccc(CCl)cc2)ccc1=O. The van der Waals surface area contributed by atoms with Gasteiger partial charge in [-0.3, -0.25) is 4.79 Å². The molecule has 0 amide bonds. The molecule has 17 heavy (non-hydrogen) atoms. The molecule has 2 aromatic rings. The third kappa shape index (κ3) is 2.59. The molecule has 0 bridgehead atoms. The van der Waals surface area contributed by atoms with Crippen LogP contribution >= 0.6 is 11.6 Å². The highest BCUT2D eigenvalue weighted by molar-refractivity contribution is 6.17. The first-order valence-electron chi connectivity index (χ1n) is 5.60. The first-order chi connectivity index (χ1) is 8.24. The van der Waals surface area contributed by atoms with Crippen LogP contribution in [0.3, 0.4) is 0 Å². The molecule has 0 N–H and O–H groups in total. The minimum atomic E-state index is 0.0358. The molecule has 2 nitrogen and oxygen atoms in total. The fraction of sp³-hybridized carbons (Fsp3) is 0.214. The largest absolute Gasteiger partial charge is 0.315 e. The van der Waals surface area contributed by atoms with Crippen LogP contribution in [0, 0.1) is 0 Å². The molecule has 1 heterocycles. The van der Waals surface area contributed by atoms with Gasteiger partial charge in [0.25, 0.3) is 5.56 Å². The van der Waals surface area contributed by atoms with E-state index in [9.17, 15) is 4.79 Å². The van der Waals surface area contributed by atoms with Gasteiger partial charge in [0.2, 0.25) is 0 Å². The lowest BCUT2D eigenvalue weighted by Crippen LogP contribution is -2.16. The summed E-state index contributed by atoms with van der Waals surface area (Å²) in [7, 11) is 0. The molecule has 0 saturated heterocycles. The highest BCUT2D eigenvalue weighted by Gasteiger charge is 2.00. The molecule has 0 fully saturated rings. The van der Waals surface area contributed by atoms with E-state index >= 15 is 0 Å². The normalized spacial score (nSPS) is 10.5. The lowest BCUT2D eigenvalue weighted by Gasteiger charge is -2.06. The zero-order valence-electron chi connectivity index (χ0n) is 9.69. The topological polar surface area (TPSA) is 22.0 Å². The molecular formula is C14H14ClNO. The average Bonchev–Trinajstić information content (AvgIpc) is 2.39. The first kappa shape index (κ1) is 11.9. The van der Waals surface area contributed by atoms with Crippen LogP contribution in [0.15, 0.2) is 47.4 Å². The van der Waals surface area contributed by atoms with E-state index in [4.69, 9.17) is 11.6 Å². The van der Waals surface area contributed by atoms with E-state index in [2.05, 4.69) is 0 Å². The molecule has 1 aromatic carbocycles. The molecule has 88 valence electrons. The van der Waals surface area contributed by atoms with Crippen LogP contribution in [0.4, 0.5) is 0 Å². The first-order valence-corrected chi connectivity index (χ1v) is 6.14. The van der Waals surface area contributed by atoms with E-state index < -0.39 is 0 Å². The van der Waals surface area contributed by atoms with Crippen LogP contribution in [-0.4, -0.2) is 4.57 Å². The summed E-state index contributed by atoms with van der Waals surface area (Å²) in [6, 6.07) is 11.5. The number of hydrogen-bond donors (Lipinski definition) is 0. The Morgan fingerprint density at radius 1 is 1.06 bits per heavy atom. The summed E-state index contributed by atoms with van der Waals surface area (Å²) in [6.45, 7) is 2.65. The molecule has 0 saturated carbocycles. The standard InChI is InChI=1S/C14H14ClNO/c1-2-16-10-13(7-8-14(16)17)12-5-3-11(9-15)4-6-12/h3-8,10H,2,9H2,1H3. The number of aryl methyl sites for hydroxylation is 1. The molecule has 0 aliphatic carbocycles. The van der Waals surface area contributed by atoms with Crippen molar-refractivity contribution in [2.45, 2.75) is 19.3 Å². The van der Waals surface area contributed by atoms with Crippen LogP contribution in [-0.2, 0) is 12.4 Å². The van der Waals surface area contributed by atoms with Crippen molar-refractivity contribution in [3.63, 3.8) is 0 Å². The maximum absolute atomic E-state index is 11.5. The van der Waals surface area contributed by atoms with E-state index in [1.165, 1.54) is 0 Å². The lowest BCUT2D eigenvalue weighted by molar-refractivity contribution is 0.728. The summed E-state index contributed by atoms with van der Waals surface area (Å²) in [5.74, 6) is 0.523. The van der Waals surface area contributed by atoms with E-state index in [1.807, 2.05) is 43.5 Å². The number of hydrogen-bond acceptors (Lipinski definition) is 1. The predicted octanol–water partition coefficient (Wildman–Crippen LogP) is 3.27. The number of alkyl halides is 1. The van der Waals surface area contributed by atoms with Crippen molar-refractivity contribution in [3.8, 4) is 11.1 Å². The smallest absolute Gasteiger partial charge is 0.250 e. The van der Waals surface area contributed by atoms with Gasteiger partial charge < -0.3 is 4.57 Å². The molecular weight excluding hydrogens is 234 g/mol. The van der Waals surface area contributed by atoms with Crippen molar-refractivity contribution in [2.75, 3.05) is 0 Å². The summed E-state index contributed by atoms with van der Waals surface area (Å²) in [6.07, 6.45) is 1.89. The van der Waals surface area contributed by atoms with Gasteiger partial charge in [-0.25, -0.2) is 0 Å². The Hall–Kier alpha value is -1.54. The minimum Gasteiger partial charge on any atom is -0.315 e. The lowest BCUT2D eigenvalue weighted by atomic mass is 10.1. The monoisotopic (exact) mass is 247 g/mol. The second-order valence-electron chi connectivity index (χ2n) is 3.87. The average molecular weight is 248 g/mol. The van der Waals surface area contributed by atoms with Crippen molar-refractivity contribution < 1.29 is 0 Å². The molecule has 0 atom stereocenters. The van der Waals surface area contributed by atoms with Crippen molar-refractivity contribution in [3.05, 3.63) is 58.5 Å². The van der Waals surface area contributed by atoms with Gasteiger partial charge in [0.05, 0.1) is 0 Å². The van der Waals surface area contributed by atoms with Crippen LogP contribution in [0.5, 0.6) is 0 Å². The fourth-order valence-electron chi connectivity index (χ4n) is 1.74. The van der Waals surface area contributed by atoms with Crippen molar-refractivity contribution in [1.29, 1.82) is 0 Å². The Bertz CT molecular complexity index is 557. The van der Waals surface area contributed by atoms with E-state index in [0.717, 1.165) is 16.7 Å². The van der Waals surface area contributed by atoms with Crippen LogP contribution in [0.25, 0.3) is 11.1 Å². The molecule has 0 radical (unpaired) electrons. The van der Waals surface area contributed by atoms with Crippen molar-refractivity contribution in [2.24, 2.45) is 0 Å². The summed E-state index contributed by atoms with van der Waals surface area (Å²) in [5, 5.41) is 0. The Morgan fingerprint density at radius 2 is 1.71 bits per heavy atom. The number of halogens is 1. The molecule has 2 rings (SSSR count). The molecule has 0 unspecified atom stereocenters. The zero-order chi connectivity index (χ0) is 12.3. The molecule has 0 aliphatic rings. The molecule has 1 aromatic heterocycles. The number of nitrogens with zero attached hydrogens (tertiary/aromatic N) is 1. The Morgan fingerprint density at radius 3 is 2.29 bits per heavy atom. The maximum atomic E-state index is 11.5. The number of benzene rings is 1. The highest BCUT2D eigenvalue weighted by atomic mass is 35.5. The van der Waals surface area contributed by atoms with Gasteiger partial charge in [-0.1, -0.05) is 24.3 Å². The van der Waals surface area contributed by atoms with Crippen LogP contribution in [0.2, 0.25) is 0 Å². The predicted molar refractivity (Wildman–Crippen MR) is 71.4 cm³/mol. The number of aromatic nitrogens is 1. The quantitative estimate of drug-likeness (QED) is 0.763. The van der Waals surface area contributed by atoms with Crippen molar-refractivity contribution >= 4 is 11.6 Å².